The van der Waals surface area contributed by atoms with Crippen LogP contribution in [-0.4, -0.2) is 41.5 Å². The first-order valence-corrected chi connectivity index (χ1v) is 6.65. The maximum absolute atomic E-state index is 11.9. The minimum absolute atomic E-state index is 0.0671. The normalized spacial score (nSPS) is 23.0. The summed E-state index contributed by atoms with van der Waals surface area (Å²) in [6, 6.07) is 4.79. The fraction of sp³-hybridized carbons (Fsp3) is 0.417. The molecule has 0 bridgehead atoms. The molecule has 1 heterocycles. The fourth-order valence-electron chi connectivity index (χ4n) is 1.77. The van der Waals surface area contributed by atoms with E-state index in [2.05, 4.69) is 27.9 Å². The third-order valence-electron chi connectivity index (χ3n) is 2.86. The van der Waals surface area contributed by atoms with Crippen molar-refractivity contribution in [1.29, 1.82) is 0 Å². The molecule has 1 unspecified atom stereocenters. The number of aromatic hydroxyl groups is 1. The van der Waals surface area contributed by atoms with Gasteiger partial charge in [-0.3, -0.25) is 4.79 Å². The number of hydrogen-bond acceptors (Lipinski definition) is 4. The molecule has 3 N–H and O–H groups in total. The van der Waals surface area contributed by atoms with Crippen molar-refractivity contribution in [3.05, 3.63) is 27.3 Å². The lowest BCUT2D eigenvalue weighted by Gasteiger charge is -2.20. The predicted octanol–water partition coefficient (Wildman–Crippen LogP) is 0.878. The number of halogens is 1. The monoisotopic (exact) mass is 363 g/mol. The van der Waals surface area contributed by atoms with E-state index in [1.54, 1.807) is 12.1 Å². The standard InChI is InChI=1S/C12H14INO4/c13-8-1-2-10(15)9(5-8)11(16)14-6-12(17)3-4-18-7-12/h1-2,5,15,17H,3-4,6-7H2,(H,14,16). The number of phenolic OH excluding ortho intramolecular Hbond substituents is 1. The average Bonchev–Trinajstić information content (AvgIpc) is 2.77. The highest BCUT2D eigenvalue weighted by atomic mass is 127. The first-order valence-electron chi connectivity index (χ1n) is 5.57. The van der Waals surface area contributed by atoms with Gasteiger partial charge in [-0.05, 0) is 40.8 Å². The van der Waals surface area contributed by atoms with Gasteiger partial charge in [-0.1, -0.05) is 0 Å². The van der Waals surface area contributed by atoms with Gasteiger partial charge < -0.3 is 20.3 Å². The smallest absolute Gasteiger partial charge is 0.255 e. The quantitative estimate of drug-likeness (QED) is 0.697. The number of carbonyl (C=O) groups is 1. The van der Waals surface area contributed by atoms with Crippen LogP contribution in [-0.2, 0) is 4.74 Å². The Morgan fingerprint density at radius 1 is 1.56 bits per heavy atom. The molecule has 1 aliphatic heterocycles. The summed E-state index contributed by atoms with van der Waals surface area (Å²) in [7, 11) is 0. The Morgan fingerprint density at radius 2 is 2.33 bits per heavy atom. The Kier molecular flexibility index (Phi) is 4.08. The van der Waals surface area contributed by atoms with E-state index in [-0.39, 0.29) is 24.5 Å². The van der Waals surface area contributed by atoms with Crippen molar-refractivity contribution in [3.63, 3.8) is 0 Å². The molecule has 6 heteroatoms. The van der Waals surface area contributed by atoms with Gasteiger partial charge in [0.05, 0.1) is 12.2 Å². The van der Waals surface area contributed by atoms with Crippen LogP contribution in [0.1, 0.15) is 16.8 Å². The molecule has 18 heavy (non-hydrogen) atoms. The van der Waals surface area contributed by atoms with E-state index in [1.807, 2.05) is 0 Å². The number of ether oxygens (including phenoxy) is 1. The van der Waals surface area contributed by atoms with Crippen LogP contribution >= 0.6 is 22.6 Å². The van der Waals surface area contributed by atoms with Gasteiger partial charge >= 0.3 is 0 Å². The highest BCUT2D eigenvalue weighted by Crippen LogP contribution is 2.21. The number of rotatable bonds is 3. The second-order valence-corrected chi connectivity index (χ2v) is 5.62. The number of carbonyl (C=O) groups excluding carboxylic acids is 1. The molecule has 98 valence electrons. The van der Waals surface area contributed by atoms with E-state index in [9.17, 15) is 15.0 Å². The van der Waals surface area contributed by atoms with Crippen LogP contribution in [0.15, 0.2) is 18.2 Å². The molecular weight excluding hydrogens is 349 g/mol. The van der Waals surface area contributed by atoms with Crippen LogP contribution in [0, 0.1) is 3.57 Å². The van der Waals surface area contributed by atoms with Gasteiger partial charge in [-0.25, -0.2) is 0 Å². The molecule has 0 aliphatic carbocycles. The Bertz CT molecular complexity index is 457. The van der Waals surface area contributed by atoms with E-state index < -0.39 is 11.5 Å². The fourth-order valence-corrected chi connectivity index (χ4v) is 2.26. The summed E-state index contributed by atoms with van der Waals surface area (Å²) in [6.45, 7) is 0.850. The van der Waals surface area contributed by atoms with E-state index in [0.717, 1.165) is 3.57 Å². The number of amides is 1. The van der Waals surface area contributed by atoms with E-state index in [4.69, 9.17) is 4.74 Å². The summed E-state index contributed by atoms with van der Waals surface area (Å²) < 4.78 is 5.95. The van der Waals surface area contributed by atoms with Crippen molar-refractivity contribution in [2.75, 3.05) is 19.8 Å². The molecular formula is C12H14INO4. The maximum Gasteiger partial charge on any atom is 0.255 e. The summed E-state index contributed by atoms with van der Waals surface area (Å²) in [6.07, 6.45) is 0.506. The largest absolute Gasteiger partial charge is 0.507 e. The summed E-state index contributed by atoms with van der Waals surface area (Å²) in [5.41, 5.74) is -0.780. The third-order valence-corrected chi connectivity index (χ3v) is 3.53. The lowest BCUT2D eigenvalue weighted by molar-refractivity contribution is 0.0264. The van der Waals surface area contributed by atoms with E-state index >= 15 is 0 Å². The highest BCUT2D eigenvalue weighted by molar-refractivity contribution is 14.1. The summed E-state index contributed by atoms with van der Waals surface area (Å²) >= 11 is 2.06. The highest BCUT2D eigenvalue weighted by Gasteiger charge is 2.32. The van der Waals surface area contributed by atoms with E-state index in [1.165, 1.54) is 6.07 Å². The Morgan fingerprint density at radius 3 is 3.00 bits per heavy atom. The zero-order valence-electron chi connectivity index (χ0n) is 9.65. The lowest BCUT2D eigenvalue weighted by atomic mass is 10.0. The maximum atomic E-state index is 11.9. The van der Waals surface area contributed by atoms with Gasteiger partial charge in [0.15, 0.2) is 0 Å². The first kappa shape index (κ1) is 13.6. The SMILES string of the molecule is O=C(NCC1(O)CCOC1)c1cc(I)ccc1O. The first-order chi connectivity index (χ1) is 8.50. The second kappa shape index (κ2) is 5.41. The summed E-state index contributed by atoms with van der Waals surface area (Å²) in [5, 5.41) is 22.2. The molecule has 1 aromatic rings. The average molecular weight is 363 g/mol. The molecule has 0 spiro atoms. The van der Waals surface area contributed by atoms with Crippen molar-refractivity contribution >= 4 is 28.5 Å². The predicted molar refractivity (Wildman–Crippen MR) is 73.5 cm³/mol. The van der Waals surface area contributed by atoms with Gasteiger partial charge in [-0.2, -0.15) is 0 Å². The topological polar surface area (TPSA) is 78.8 Å². The van der Waals surface area contributed by atoms with Crippen molar-refractivity contribution < 1.29 is 19.7 Å². The van der Waals surface area contributed by atoms with Crippen molar-refractivity contribution in [2.45, 2.75) is 12.0 Å². The molecule has 1 atom stereocenters. The Hall–Kier alpha value is -0.860. The van der Waals surface area contributed by atoms with Crippen LogP contribution in [0.25, 0.3) is 0 Å². The third kappa shape index (κ3) is 3.12. The van der Waals surface area contributed by atoms with E-state index in [0.29, 0.717) is 13.0 Å². The van der Waals surface area contributed by atoms with Gasteiger partial charge in [0.25, 0.3) is 5.91 Å². The molecule has 1 amide bonds. The van der Waals surface area contributed by atoms with Crippen LogP contribution in [0.3, 0.4) is 0 Å². The summed E-state index contributed by atoms with van der Waals surface area (Å²) in [4.78, 5) is 11.9. The second-order valence-electron chi connectivity index (χ2n) is 4.37. The number of benzene rings is 1. The molecule has 1 saturated heterocycles. The zero-order chi connectivity index (χ0) is 13.2. The van der Waals surface area contributed by atoms with Gasteiger partial charge in [0, 0.05) is 23.1 Å². The zero-order valence-corrected chi connectivity index (χ0v) is 11.8. The Labute approximate surface area is 118 Å². The number of hydrogen-bond donors (Lipinski definition) is 3. The Balaban J connectivity index is 2.01. The molecule has 1 fully saturated rings. The molecule has 0 aromatic heterocycles. The molecule has 1 aliphatic rings. The summed E-state index contributed by atoms with van der Waals surface area (Å²) in [5.74, 6) is -0.464. The lowest BCUT2D eigenvalue weighted by Crippen LogP contribution is -2.43. The van der Waals surface area contributed by atoms with Crippen molar-refractivity contribution in [3.8, 4) is 5.75 Å². The molecule has 0 radical (unpaired) electrons. The minimum atomic E-state index is -0.993. The number of phenols is 1. The minimum Gasteiger partial charge on any atom is -0.507 e. The van der Waals surface area contributed by atoms with Crippen LogP contribution in [0.5, 0.6) is 5.75 Å². The van der Waals surface area contributed by atoms with Crippen LogP contribution < -0.4 is 5.32 Å². The van der Waals surface area contributed by atoms with Crippen LogP contribution in [0.4, 0.5) is 0 Å². The molecule has 1 aromatic carbocycles. The van der Waals surface area contributed by atoms with Gasteiger partial charge in [0.1, 0.15) is 11.4 Å². The molecule has 5 nitrogen and oxygen atoms in total. The van der Waals surface area contributed by atoms with Crippen LogP contribution in [0.2, 0.25) is 0 Å². The van der Waals surface area contributed by atoms with Crippen molar-refractivity contribution in [2.24, 2.45) is 0 Å². The molecule has 0 saturated carbocycles. The molecule has 2 rings (SSSR count). The van der Waals surface area contributed by atoms with Gasteiger partial charge in [-0.15, -0.1) is 0 Å². The number of aliphatic hydroxyl groups is 1. The van der Waals surface area contributed by atoms with Crippen molar-refractivity contribution in [1.82, 2.24) is 5.32 Å². The van der Waals surface area contributed by atoms with Gasteiger partial charge in [0.2, 0.25) is 0 Å². The number of nitrogens with one attached hydrogen (secondary N) is 1.